The maximum Gasteiger partial charge on any atom is 0.269 e. The van der Waals surface area contributed by atoms with Gasteiger partial charge in [-0.25, -0.2) is 0 Å². The molecule has 3 atom stereocenters. The van der Waals surface area contributed by atoms with Gasteiger partial charge in [0.2, 0.25) is 0 Å². The molecule has 122 valence electrons. The van der Waals surface area contributed by atoms with Gasteiger partial charge < -0.3 is 5.32 Å². The number of anilines is 1. The minimum Gasteiger partial charge on any atom is -0.377 e. The Balaban J connectivity index is 1.82. The highest BCUT2D eigenvalue weighted by molar-refractivity contribution is 6.31. The number of fused-ring (bicyclic) bond motifs is 3. The number of allylic oxidation sites excluding steroid dienone is 2. The zero-order valence-electron chi connectivity index (χ0n) is 13.2. The van der Waals surface area contributed by atoms with E-state index in [0.29, 0.717) is 11.8 Å². The van der Waals surface area contributed by atoms with E-state index in [2.05, 4.69) is 23.5 Å². The third kappa shape index (κ3) is 2.29. The number of hydrogen-bond acceptors (Lipinski definition) is 3. The second kappa shape index (κ2) is 5.64. The lowest BCUT2D eigenvalue weighted by Gasteiger charge is -2.38. The first-order valence-electron chi connectivity index (χ1n) is 8.03. The molecule has 2 aromatic rings. The van der Waals surface area contributed by atoms with Gasteiger partial charge in [-0.2, -0.15) is 0 Å². The SMILES string of the molecule is Cc1c(Cl)ccc2c1N[C@H](c1cccc([N+](=O)[O-])c1)[C@@H]1CC=C[C@@H]21. The summed E-state index contributed by atoms with van der Waals surface area (Å²) >= 11 is 6.30. The van der Waals surface area contributed by atoms with Crippen molar-refractivity contribution in [1.29, 1.82) is 0 Å². The summed E-state index contributed by atoms with van der Waals surface area (Å²) in [6, 6.07) is 11.0. The van der Waals surface area contributed by atoms with E-state index in [0.717, 1.165) is 28.3 Å². The number of nitrogens with zero attached hydrogens (tertiary/aromatic N) is 1. The highest BCUT2D eigenvalue weighted by Crippen LogP contribution is 2.51. The predicted octanol–water partition coefficient (Wildman–Crippen LogP) is 5.38. The summed E-state index contributed by atoms with van der Waals surface area (Å²) in [6.45, 7) is 2.01. The van der Waals surface area contributed by atoms with E-state index < -0.39 is 0 Å². The average Bonchev–Trinajstić information content (AvgIpc) is 3.07. The number of nitrogens with one attached hydrogen (secondary N) is 1. The highest BCUT2D eigenvalue weighted by Gasteiger charge is 2.38. The normalized spacial score (nSPS) is 24.2. The summed E-state index contributed by atoms with van der Waals surface area (Å²) in [4.78, 5) is 10.8. The molecule has 1 N–H and O–H groups in total. The molecule has 0 saturated heterocycles. The molecule has 0 aromatic heterocycles. The van der Waals surface area contributed by atoms with Crippen molar-refractivity contribution in [2.24, 2.45) is 5.92 Å². The van der Waals surface area contributed by atoms with Gasteiger partial charge in [-0.05, 0) is 42.0 Å². The van der Waals surface area contributed by atoms with E-state index in [1.807, 2.05) is 19.1 Å². The van der Waals surface area contributed by atoms with Crippen molar-refractivity contribution in [2.45, 2.75) is 25.3 Å². The molecule has 5 heteroatoms. The van der Waals surface area contributed by atoms with Crippen molar-refractivity contribution in [2.75, 3.05) is 5.32 Å². The number of benzene rings is 2. The molecule has 0 saturated carbocycles. The van der Waals surface area contributed by atoms with E-state index >= 15 is 0 Å². The molecule has 24 heavy (non-hydrogen) atoms. The molecule has 1 heterocycles. The largest absolute Gasteiger partial charge is 0.377 e. The van der Waals surface area contributed by atoms with Crippen molar-refractivity contribution < 1.29 is 4.92 Å². The molecule has 0 fully saturated rings. The van der Waals surface area contributed by atoms with Crippen LogP contribution in [0.15, 0.2) is 48.6 Å². The van der Waals surface area contributed by atoms with Gasteiger partial charge in [0.05, 0.1) is 11.0 Å². The second-order valence-corrected chi connectivity index (χ2v) is 6.87. The first-order chi connectivity index (χ1) is 11.6. The first-order valence-corrected chi connectivity index (χ1v) is 8.40. The van der Waals surface area contributed by atoms with Gasteiger partial charge >= 0.3 is 0 Å². The van der Waals surface area contributed by atoms with E-state index in [9.17, 15) is 10.1 Å². The lowest BCUT2D eigenvalue weighted by molar-refractivity contribution is -0.384. The molecule has 0 bridgehead atoms. The number of rotatable bonds is 2. The summed E-state index contributed by atoms with van der Waals surface area (Å²) in [7, 11) is 0. The van der Waals surface area contributed by atoms with Crippen LogP contribution in [0.3, 0.4) is 0 Å². The third-order valence-corrected chi connectivity index (χ3v) is 5.58. The first kappa shape index (κ1) is 15.2. The number of nitro benzene ring substituents is 1. The quantitative estimate of drug-likeness (QED) is 0.453. The van der Waals surface area contributed by atoms with Gasteiger partial charge in [0, 0.05) is 28.8 Å². The van der Waals surface area contributed by atoms with Gasteiger partial charge in [0.1, 0.15) is 0 Å². The summed E-state index contributed by atoms with van der Waals surface area (Å²) in [6.07, 6.45) is 5.43. The predicted molar refractivity (Wildman–Crippen MR) is 95.6 cm³/mol. The van der Waals surface area contributed by atoms with Crippen LogP contribution in [0.25, 0.3) is 0 Å². The lowest BCUT2D eigenvalue weighted by atomic mass is 9.76. The van der Waals surface area contributed by atoms with Crippen LogP contribution in [0.1, 0.15) is 35.1 Å². The average molecular weight is 341 g/mol. The zero-order chi connectivity index (χ0) is 16.8. The van der Waals surface area contributed by atoms with Crippen molar-refractivity contribution in [1.82, 2.24) is 0 Å². The molecule has 1 aliphatic carbocycles. The molecule has 1 aliphatic heterocycles. The zero-order valence-corrected chi connectivity index (χ0v) is 14.0. The number of non-ortho nitro benzene ring substituents is 1. The molecule has 4 rings (SSSR count). The smallest absolute Gasteiger partial charge is 0.269 e. The topological polar surface area (TPSA) is 55.2 Å². The molecule has 4 nitrogen and oxygen atoms in total. The Morgan fingerprint density at radius 3 is 2.92 bits per heavy atom. The number of nitro groups is 1. The fourth-order valence-corrected chi connectivity index (χ4v) is 4.11. The van der Waals surface area contributed by atoms with Gasteiger partial charge in [-0.1, -0.05) is 42.0 Å². The van der Waals surface area contributed by atoms with Gasteiger partial charge in [0.25, 0.3) is 5.69 Å². The summed E-state index contributed by atoms with van der Waals surface area (Å²) in [5.74, 6) is 0.682. The maximum absolute atomic E-state index is 11.1. The van der Waals surface area contributed by atoms with Crippen LogP contribution in [0, 0.1) is 23.0 Å². The Morgan fingerprint density at radius 2 is 2.12 bits per heavy atom. The van der Waals surface area contributed by atoms with Crippen LogP contribution in [-0.4, -0.2) is 4.92 Å². The summed E-state index contributed by atoms with van der Waals surface area (Å²) < 4.78 is 0. The van der Waals surface area contributed by atoms with Crippen LogP contribution in [0.5, 0.6) is 0 Å². The fourth-order valence-electron chi connectivity index (χ4n) is 3.95. The third-order valence-electron chi connectivity index (χ3n) is 5.17. The molecule has 2 aromatic carbocycles. The molecular formula is C19H17ClN2O2. The Morgan fingerprint density at radius 1 is 1.29 bits per heavy atom. The van der Waals surface area contributed by atoms with Crippen molar-refractivity contribution >= 4 is 23.0 Å². The van der Waals surface area contributed by atoms with Gasteiger partial charge in [-0.15, -0.1) is 0 Å². The number of hydrogen-bond donors (Lipinski definition) is 1. The Labute approximate surface area is 145 Å². The Kier molecular flexibility index (Phi) is 3.57. The minimum atomic E-state index is -0.341. The van der Waals surface area contributed by atoms with Crippen molar-refractivity contribution in [3.63, 3.8) is 0 Å². The van der Waals surface area contributed by atoms with Gasteiger partial charge in [-0.3, -0.25) is 10.1 Å². The Hall–Kier alpha value is -2.33. The van der Waals surface area contributed by atoms with Crippen molar-refractivity contribution in [3.8, 4) is 0 Å². The van der Waals surface area contributed by atoms with E-state index in [1.54, 1.807) is 12.1 Å². The van der Waals surface area contributed by atoms with Crippen LogP contribution >= 0.6 is 11.6 Å². The van der Waals surface area contributed by atoms with Crippen molar-refractivity contribution in [3.05, 3.63) is 80.4 Å². The number of halogens is 1. The molecule has 0 amide bonds. The monoisotopic (exact) mass is 340 g/mol. The van der Waals surface area contributed by atoms with Crippen LogP contribution in [0.2, 0.25) is 5.02 Å². The molecule has 0 spiro atoms. The molecule has 0 unspecified atom stereocenters. The maximum atomic E-state index is 11.1. The van der Waals surface area contributed by atoms with E-state index in [-0.39, 0.29) is 16.7 Å². The van der Waals surface area contributed by atoms with E-state index in [1.165, 1.54) is 11.6 Å². The fraction of sp³-hybridized carbons (Fsp3) is 0.263. The van der Waals surface area contributed by atoms with Crippen LogP contribution in [-0.2, 0) is 0 Å². The molecule has 0 radical (unpaired) electrons. The summed E-state index contributed by atoms with van der Waals surface area (Å²) in [5.41, 5.74) is 4.44. The summed E-state index contributed by atoms with van der Waals surface area (Å²) in [5, 5.41) is 15.5. The molecule has 2 aliphatic rings. The van der Waals surface area contributed by atoms with E-state index in [4.69, 9.17) is 11.6 Å². The standard InChI is InChI=1S/C19H17ClN2O2/c1-11-17(20)9-8-16-14-6-3-7-15(14)19(21-18(11)16)12-4-2-5-13(10-12)22(23)24/h2-6,8-10,14-15,19,21H,7H2,1H3/t14-,15-,19-/m1/s1. The van der Waals surface area contributed by atoms with Gasteiger partial charge in [0.15, 0.2) is 0 Å². The molecular weight excluding hydrogens is 324 g/mol. The van der Waals surface area contributed by atoms with Crippen LogP contribution < -0.4 is 5.32 Å². The van der Waals surface area contributed by atoms with Crippen LogP contribution in [0.4, 0.5) is 11.4 Å². The minimum absolute atomic E-state index is 0.0366. The Bertz CT molecular complexity index is 862. The highest BCUT2D eigenvalue weighted by atomic mass is 35.5. The lowest BCUT2D eigenvalue weighted by Crippen LogP contribution is -2.29. The second-order valence-electron chi connectivity index (χ2n) is 6.46.